The summed E-state index contributed by atoms with van der Waals surface area (Å²) in [6, 6.07) is 14.8. The van der Waals surface area contributed by atoms with E-state index in [-0.39, 0.29) is 24.3 Å². The zero-order valence-corrected chi connectivity index (χ0v) is 15.6. The predicted octanol–water partition coefficient (Wildman–Crippen LogP) is 3.88. The first kappa shape index (κ1) is 17.7. The van der Waals surface area contributed by atoms with Crippen molar-refractivity contribution in [2.75, 3.05) is 11.4 Å². The van der Waals surface area contributed by atoms with Gasteiger partial charge in [0.1, 0.15) is 6.54 Å². The van der Waals surface area contributed by atoms with Gasteiger partial charge >= 0.3 is 0 Å². The number of carbonyl (C=O) groups excluding carboxylic acids is 2. The monoisotopic (exact) mass is 381 g/mol. The van der Waals surface area contributed by atoms with E-state index in [1.807, 2.05) is 36.4 Å². The Kier molecular flexibility index (Phi) is 4.94. The molecule has 2 amide bonds. The summed E-state index contributed by atoms with van der Waals surface area (Å²) in [5.41, 5.74) is 3.36. The van der Waals surface area contributed by atoms with Crippen LogP contribution >= 0.6 is 11.6 Å². The van der Waals surface area contributed by atoms with Crippen LogP contribution in [0.15, 0.2) is 53.5 Å². The van der Waals surface area contributed by atoms with Crippen LogP contribution < -0.4 is 10.2 Å². The van der Waals surface area contributed by atoms with Gasteiger partial charge in [0.25, 0.3) is 0 Å². The van der Waals surface area contributed by atoms with Gasteiger partial charge in [-0.05, 0) is 49.1 Å². The third-order valence-corrected chi connectivity index (χ3v) is 5.29. The molecule has 0 spiro atoms. The van der Waals surface area contributed by atoms with E-state index in [1.54, 1.807) is 17.0 Å². The number of fused-ring (bicyclic) bond motifs is 2. The van der Waals surface area contributed by atoms with Gasteiger partial charge in [-0.2, -0.15) is 0 Å². The minimum absolute atomic E-state index is 0.0112. The van der Waals surface area contributed by atoms with Gasteiger partial charge in [-0.25, -0.2) is 0 Å². The van der Waals surface area contributed by atoms with Crippen molar-refractivity contribution < 1.29 is 9.59 Å². The number of rotatable bonds is 4. The lowest BCUT2D eigenvalue weighted by Gasteiger charge is -2.24. The number of nitrogens with zero attached hydrogens (tertiary/aromatic N) is 2. The summed E-state index contributed by atoms with van der Waals surface area (Å²) in [7, 11) is 0. The third-order valence-electron chi connectivity index (χ3n) is 5.03. The fourth-order valence-electron chi connectivity index (χ4n) is 3.64. The molecule has 0 aromatic heterocycles. The first-order valence-electron chi connectivity index (χ1n) is 9.11. The molecular weight excluding hydrogens is 362 g/mol. The molecule has 1 atom stereocenters. The molecule has 0 radical (unpaired) electrons. The number of hydrogen-bond acceptors (Lipinski definition) is 3. The molecule has 0 bridgehead atoms. The molecule has 1 fully saturated rings. The Labute approximate surface area is 163 Å². The summed E-state index contributed by atoms with van der Waals surface area (Å²) >= 11 is 5.88. The number of nitrogens with one attached hydrogen (secondary N) is 1. The van der Waals surface area contributed by atoms with Crippen molar-refractivity contribution in [3.63, 3.8) is 0 Å². The second kappa shape index (κ2) is 7.53. The van der Waals surface area contributed by atoms with Crippen molar-refractivity contribution in [2.24, 2.45) is 10.9 Å². The van der Waals surface area contributed by atoms with Gasteiger partial charge in [0, 0.05) is 17.3 Å². The number of halogens is 1. The molecule has 1 aliphatic carbocycles. The van der Waals surface area contributed by atoms with Gasteiger partial charge in [0.2, 0.25) is 11.8 Å². The molecule has 0 saturated heterocycles. The van der Waals surface area contributed by atoms with E-state index < -0.39 is 0 Å². The van der Waals surface area contributed by atoms with Crippen molar-refractivity contribution in [2.45, 2.75) is 25.8 Å². The maximum atomic E-state index is 13.1. The molecule has 5 nitrogen and oxygen atoms in total. The lowest BCUT2D eigenvalue weighted by atomic mass is 10.1. The summed E-state index contributed by atoms with van der Waals surface area (Å²) < 4.78 is 0. The van der Waals surface area contributed by atoms with E-state index in [1.165, 1.54) is 0 Å². The topological polar surface area (TPSA) is 61.8 Å². The average Bonchev–Trinajstić information content (AvgIpc) is 3.10. The van der Waals surface area contributed by atoms with Crippen LogP contribution in [0, 0.1) is 5.92 Å². The summed E-state index contributed by atoms with van der Waals surface area (Å²) in [6.07, 6.45) is 2.61. The van der Waals surface area contributed by atoms with Crippen LogP contribution in [0.2, 0.25) is 5.02 Å². The SMILES string of the molecule is O=C(CN1C(=O)[C@H]2CCCC2=Nc2ccccc21)NCc1ccc(Cl)cc1. The van der Waals surface area contributed by atoms with Crippen molar-refractivity contribution in [1.29, 1.82) is 0 Å². The number of benzene rings is 2. The van der Waals surface area contributed by atoms with Gasteiger partial charge < -0.3 is 10.2 Å². The van der Waals surface area contributed by atoms with Crippen molar-refractivity contribution in [1.82, 2.24) is 5.32 Å². The summed E-state index contributed by atoms with van der Waals surface area (Å²) in [5.74, 6) is -0.436. The Morgan fingerprint density at radius 2 is 1.96 bits per heavy atom. The fourth-order valence-corrected chi connectivity index (χ4v) is 3.77. The van der Waals surface area contributed by atoms with Crippen molar-refractivity contribution in [3.8, 4) is 0 Å². The second-order valence-electron chi connectivity index (χ2n) is 6.86. The van der Waals surface area contributed by atoms with E-state index in [0.717, 1.165) is 36.2 Å². The van der Waals surface area contributed by atoms with Crippen LogP contribution in [0.25, 0.3) is 0 Å². The molecule has 2 aromatic rings. The van der Waals surface area contributed by atoms with Crippen LogP contribution in [-0.4, -0.2) is 24.1 Å². The summed E-state index contributed by atoms with van der Waals surface area (Å²) in [4.78, 5) is 31.9. The number of aliphatic imine (C=N–C) groups is 1. The molecule has 1 saturated carbocycles. The highest BCUT2D eigenvalue weighted by atomic mass is 35.5. The molecule has 6 heteroatoms. The van der Waals surface area contributed by atoms with Gasteiger partial charge in [-0.15, -0.1) is 0 Å². The highest BCUT2D eigenvalue weighted by Gasteiger charge is 2.36. The second-order valence-corrected chi connectivity index (χ2v) is 7.30. The number of carbonyl (C=O) groups is 2. The van der Waals surface area contributed by atoms with Crippen LogP contribution in [-0.2, 0) is 16.1 Å². The number of hydrogen-bond donors (Lipinski definition) is 1. The van der Waals surface area contributed by atoms with Gasteiger partial charge in [-0.3, -0.25) is 14.6 Å². The highest BCUT2D eigenvalue weighted by Crippen LogP contribution is 2.37. The standard InChI is InChI=1S/C21H20ClN3O2/c22-15-10-8-14(9-11-15)12-23-20(26)13-25-19-7-2-1-5-18(19)24-17-6-3-4-16(17)21(25)27/h1-2,5,7-11,16H,3-4,6,12-13H2,(H,23,26)/t16-/m0/s1. The normalized spacial score (nSPS) is 18.4. The molecule has 0 unspecified atom stereocenters. The number of amides is 2. The van der Waals surface area contributed by atoms with E-state index in [0.29, 0.717) is 17.3 Å². The first-order chi connectivity index (χ1) is 13.1. The first-order valence-corrected chi connectivity index (χ1v) is 9.48. The van der Waals surface area contributed by atoms with E-state index >= 15 is 0 Å². The molecule has 1 aliphatic heterocycles. The summed E-state index contributed by atoms with van der Waals surface area (Å²) in [5, 5.41) is 3.54. The van der Waals surface area contributed by atoms with Crippen LogP contribution in [0.3, 0.4) is 0 Å². The molecule has 138 valence electrons. The Bertz CT molecular complexity index is 908. The summed E-state index contributed by atoms with van der Waals surface area (Å²) in [6.45, 7) is 0.383. The Morgan fingerprint density at radius 3 is 2.78 bits per heavy atom. The lowest BCUT2D eigenvalue weighted by Crippen LogP contribution is -2.43. The van der Waals surface area contributed by atoms with E-state index in [2.05, 4.69) is 5.32 Å². The lowest BCUT2D eigenvalue weighted by molar-refractivity contribution is -0.124. The zero-order valence-electron chi connectivity index (χ0n) is 14.8. The maximum absolute atomic E-state index is 13.1. The van der Waals surface area contributed by atoms with Crippen molar-refractivity contribution >= 4 is 40.5 Å². The van der Waals surface area contributed by atoms with E-state index in [4.69, 9.17) is 16.6 Å². The predicted molar refractivity (Wildman–Crippen MR) is 107 cm³/mol. The van der Waals surface area contributed by atoms with Crippen LogP contribution in [0.1, 0.15) is 24.8 Å². The molecule has 1 N–H and O–H groups in total. The Morgan fingerprint density at radius 1 is 1.19 bits per heavy atom. The molecule has 4 rings (SSSR count). The molecule has 2 aliphatic rings. The van der Waals surface area contributed by atoms with Gasteiger partial charge in [0.15, 0.2) is 0 Å². The highest BCUT2D eigenvalue weighted by molar-refractivity contribution is 6.30. The van der Waals surface area contributed by atoms with Gasteiger partial charge in [0.05, 0.1) is 17.3 Å². The fraction of sp³-hybridized carbons (Fsp3) is 0.286. The van der Waals surface area contributed by atoms with Crippen LogP contribution in [0.4, 0.5) is 11.4 Å². The Balaban J connectivity index is 1.51. The van der Waals surface area contributed by atoms with E-state index in [9.17, 15) is 9.59 Å². The Hall–Kier alpha value is -2.66. The smallest absolute Gasteiger partial charge is 0.240 e. The average molecular weight is 382 g/mol. The minimum Gasteiger partial charge on any atom is -0.350 e. The number of anilines is 1. The third kappa shape index (κ3) is 3.74. The van der Waals surface area contributed by atoms with Crippen LogP contribution in [0.5, 0.6) is 0 Å². The molecule has 1 heterocycles. The largest absolute Gasteiger partial charge is 0.350 e. The minimum atomic E-state index is -0.207. The molecule has 27 heavy (non-hydrogen) atoms. The zero-order chi connectivity index (χ0) is 18.8. The molecular formula is C21H20ClN3O2. The quantitative estimate of drug-likeness (QED) is 0.873. The number of para-hydroxylation sites is 2. The van der Waals surface area contributed by atoms with Crippen molar-refractivity contribution in [3.05, 3.63) is 59.1 Å². The maximum Gasteiger partial charge on any atom is 0.240 e. The van der Waals surface area contributed by atoms with Gasteiger partial charge in [-0.1, -0.05) is 35.9 Å². The molecule has 2 aromatic carbocycles.